The van der Waals surface area contributed by atoms with Gasteiger partial charge in [-0.2, -0.15) is 0 Å². The van der Waals surface area contributed by atoms with Crippen molar-refractivity contribution in [3.05, 3.63) is 53.6 Å². The summed E-state index contributed by atoms with van der Waals surface area (Å²) < 4.78 is 4.37. The second-order valence-electron chi connectivity index (χ2n) is 3.17. The van der Waals surface area contributed by atoms with E-state index in [-0.39, 0.29) is 5.57 Å². The van der Waals surface area contributed by atoms with Crippen LogP contribution in [0.25, 0.3) is 6.08 Å². The lowest BCUT2D eigenvalue weighted by Gasteiger charge is -1.96. The number of carbonyl (C=O) groups excluding carboxylic acids is 1. The number of carboxylic acids is 1. The minimum Gasteiger partial charge on any atom is -0.478 e. The Morgan fingerprint density at radius 3 is 2.41 bits per heavy atom. The van der Waals surface area contributed by atoms with Crippen molar-refractivity contribution in [3.8, 4) is 0 Å². The van der Waals surface area contributed by atoms with Crippen LogP contribution in [0.3, 0.4) is 0 Å². The van der Waals surface area contributed by atoms with Crippen molar-refractivity contribution in [2.45, 2.75) is 0 Å². The van der Waals surface area contributed by atoms with E-state index in [1.165, 1.54) is 13.2 Å². The van der Waals surface area contributed by atoms with Crippen LogP contribution >= 0.6 is 0 Å². The fraction of sp³-hybridized carbons (Fsp3) is 0.0769. The van der Waals surface area contributed by atoms with Crippen molar-refractivity contribution < 1.29 is 19.4 Å². The highest BCUT2D eigenvalue weighted by Gasteiger charge is 2.06. The maximum absolute atomic E-state index is 10.9. The monoisotopic (exact) mass is 232 g/mol. The van der Waals surface area contributed by atoms with Gasteiger partial charge in [0, 0.05) is 6.08 Å². The molecule has 1 N–H and O–H groups in total. The molecule has 0 radical (unpaired) electrons. The van der Waals surface area contributed by atoms with E-state index in [1.54, 1.807) is 6.08 Å². The minimum atomic E-state index is -1.18. The third-order valence-electron chi connectivity index (χ3n) is 1.98. The number of carboxylic acid groups (broad SMARTS) is 1. The largest absolute Gasteiger partial charge is 0.478 e. The number of ether oxygens (including phenoxy) is 1. The summed E-state index contributed by atoms with van der Waals surface area (Å²) in [7, 11) is 1.19. The van der Waals surface area contributed by atoms with Gasteiger partial charge in [-0.15, -0.1) is 0 Å². The molecule has 0 saturated carbocycles. The highest BCUT2D eigenvalue weighted by molar-refractivity contribution is 5.98. The lowest BCUT2D eigenvalue weighted by molar-refractivity contribution is -0.136. The maximum atomic E-state index is 10.9. The Morgan fingerprint density at radius 2 is 1.88 bits per heavy atom. The van der Waals surface area contributed by atoms with E-state index in [4.69, 9.17) is 5.11 Å². The summed E-state index contributed by atoms with van der Waals surface area (Å²) in [4.78, 5) is 21.8. The van der Waals surface area contributed by atoms with Gasteiger partial charge < -0.3 is 9.84 Å². The molecule has 88 valence electrons. The van der Waals surface area contributed by atoms with Gasteiger partial charge in [0.1, 0.15) is 0 Å². The molecule has 0 amide bonds. The molecular formula is C13H12O4. The van der Waals surface area contributed by atoms with E-state index < -0.39 is 11.9 Å². The molecule has 0 bridgehead atoms. The fourth-order valence-electron chi connectivity index (χ4n) is 1.12. The van der Waals surface area contributed by atoms with Gasteiger partial charge in [-0.3, -0.25) is 0 Å². The van der Waals surface area contributed by atoms with Gasteiger partial charge >= 0.3 is 11.9 Å². The Morgan fingerprint density at radius 1 is 1.24 bits per heavy atom. The summed E-state index contributed by atoms with van der Waals surface area (Å²) in [5, 5.41) is 8.87. The number of aliphatic carboxylic acids is 1. The normalized spacial score (nSPS) is 11.5. The molecule has 0 spiro atoms. The van der Waals surface area contributed by atoms with Crippen molar-refractivity contribution in [2.24, 2.45) is 0 Å². The standard InChI is InChI=1S/C13H12O4/c1-17-12(14)9-11(13(15)16)8-7-10-5-3-2-4-6-10/h2-9H,1H3,(H,15,16)/b8-7+,11-9-. The van der Waals surface area contributed by atoms with Crippen molar-refractivity contribution >= 4 is 18.0 Å². The highest BCUT2D eigenvalue weighted by atomic mass is 16.5. The zero-order valence-electron chi connectivity index (χ0n) is 9.29. The average molecular weight is 232 g/mol. The first-order valence-corrected chi connectivity index (χ1v) is 4.89. The van der Waals surface area contributed by atoms with Crippen molar-refractivity contribution in [2.75, 3.05) is 7.11 Å². The smallest absolute Gasteiger partial charge is 0.335 e. The number of methoxy groups -OCH3 is 1. The molecule has 0 heterocycles. The molecule has 1 aromatic carbocycles. The van der Waals surface area contributed by atoms with E-state index in [0.717, 1.165) is 11.6 Å². The van der Waals surface area contributed by atoms with Crippen LogP contribution < -0.4 is 0 Å². The fourth-order valence-corrected chi connectivity index (χ4v) is 1.12. The Labute approximate surface area is 98.8 Å². The van der Waals surface area contributed by atoms with Gasteiger partial charge in [-0.1, -0.05) is 36.4 Å². The molecule has 4 heteroatoms. The highest BCUT2D eigenvalue weighted by Crippen LogP contribution is 2.05. The molecule has 0 aliphatic heterocycles. The van der Waals surface area contributed by atoms with Crippen LogP contribution in [0.4, 0.5) is 0 Å². The zero-order valence-corrected chi connectivity index (χ0v) is 9.29. The number of benzene rings is 1. The lowest BCUT2D eigenvalue weighted by atomic mass is 10.1. The Balaban J connectivity index is 2.89. The molecule has 4 nitrogen and oxygen atoms in total. The molecule has 0 atom stereocenters. The van der Waals surface area contributed by atoms with Crippen LogP contribution in [0.1, 0.15) is 5.56 Å². The summed E-state index contributed by atoms with van der Waals surface area (Å²) in [6.45, 7) is 0. The molecule has 1 aromatic rings. The van der Waals surface area contributed by atoms with E-state index >= 15 is 0 Å². The minimum absolute atomic E-state index is 0.124. The SMILES string of the molecule is COC(=O)/C=C(/C=C/c1ccccc1)C(=O)O. The van der Waals surface area contributed by atoms with E-state index in [9.17, 15) is 9.59 Å². The number of hydrogen-bond acceptors (Lipinski definition) is 3. The third-order valence-corrected chi connectivity index (χ3v) is 1.98. The van der Waals surface area contributed by atoms with Crippen molar-refractivity contribution in [3.63, 3.8) is 0 Å². The van der Waals surface area contributed by atoms with Gasteiger partial charge in [-0.25, -0.2) is 9.59 Å². The first-order valence-electron chi connectivity index (χ1n) is 4.89. The predicted octanol–water partition coefficient (Wildman–Crippen LogP) is 1.88. The van der Waals surface area contributed by atoms with Crippen LogP contribution in [-0.4, -0.2) is 24.2 Å². The van der Waals surface area contributed by atoms with Gasteiger partial charge in [0.05, 0.1) is 12.7 Å². The summed E-state index contributed by atoms with van der Waals surface area (Å²) in [5.74, 6) is -1.87. The summed E-state index contributed by atoms with van der Waals surface area (Å²) in [6, 6.07) is 9.19. The van der Waals surface area contributed by atoms with Gasteiger partial charge in [0.25, 0.3) is 0 Å². The molecule has 0 aliphatic rings. The Kier molecular flexibility index (Phi) is 4.69. The van der Waals surface area contributed by atoms with Gasteiger partial charge in [-0.05, 0) is 11.6 Å². The summed E-state index contributed by atoms with van der Waals surface area (Å²) in [5.41, 5.74) is 0.727. The van der Waals surface area contributed by atoms with Crippen molar-refractivity contribution in [1.82, 2.24) is 0 Å². The van der Waals surface area contributed by atoms with E-state index in [0.29, 0.717) is 0 Å². The number of rotatable bonds is 4. The first-order chi connectivity index (χ1) is 8.13. The summed E-state index contributed by atoms with van der Waals surface area (Å²) >= 11 is 0. The number of esters is 1. The van der Waals surface area contributed by atoms with Crippen LogP contribution in [0.15, 0.2) is 48.1 Å². The quantitative estimate of drug-likeness (QED) is 0.489. The Hall–Kier alpha value is -2.36. The Bertz CT molecular complexity index is 458. The molecule has 1 rings (SSSR count). The zero-order chi connectivity index (χ0) is 12.7. The third kappa shape index (κ3) is 4.34. The topological polar surface area (TPSA) is 63.6 Å². The first kappa shape index (κ1) is 12.7. The van der Waals surface area contributed by atoms with Gasteiger partial charge in [0.2, 0.25) is 0 Å². The second kappa shape index (κ2) is 6.27. The molecular weight excluding hydrogens is 220 g/mol. The van der Waals surface area contributed by atoms with Crippen LogP contribution in [0, 0.1) is 0 Å². The van der Waals surface area contributed by atoms with Crippen LogP contribution in [0.2, 0.25) is 0 Å². The molecule has 0 aromatic heterocycles. The molecule has 0 saturated heterocycles. The molecule has 0 unspecified atom stereocenters. The van der Waals surface area contributed by atoms with Crippen LogP contribution in [0.5, 0.6) is 0 Å². The maximum Gasteiger partial charge on any atom is 0.335 e. The number of hydrogen-bond donors (Lipinski definition) is 1. The van der Waals surface area contributed by atoms with E-state index in [2.05, 4.69) is 4.74 Å². The summed E-state index contributed by atoms with van der Waals surface area (Å²) in [6.07, 6.45) is 3.90. The van der Waals surface area contributed by atoms with Crippen molar-refractivity contribution in [1.29, 1.82) is 0 Å². The number of carbonyl (C=O) groups is 2. The van der Waals surface area contributed by atoms with E-state index in [1.807, 2.05) is 30.3 Å². The molecule has 0 aliphatic carbocycles. The lowest BCUT2D eigenvalue weighted by Crippen LogP contribution is -2.03. The average Bonchev–Trinajstić information content (AvgIpc) is 2.35. The molecule has 0 fully saturated rings. The van der Waals surface area contributed by atoms with Crippen LogP contribution in [-0.2, 0) is 14.3 Å². The molecule has 17 heavy (non-hydrogen) atoms. The predicted molar refractivity (Wildman–Crippen MR) is 63.2 cm³/mol. The second-order valence-corrected chi connectivity index (χ2v) is 3.17. The van der Waals surface area contributed by atoms with Gasteiger partial charge in [0.15, 0.2) is 0 Å².